The van der Waals surface area contributed by atoms with Gasteiger partial charge in [-0.1, -0.05) is 25.7 Å². The van der Waals surface area contributed by atoms with Crippen LogP contribution in [0.1, 0.15) is 60.9 Å². The van der Waals surface area contributed by atoms with Crippen molar-refractivity contribution in [1.29, 1.82) is 5.26 Å². The number of amides is 3. The number of hydrogen-bond donors (Lipinski definition) is 0. The Bertz CT molecular complexity index is 1150. The number of carbonyl (C=O) groups is 3. The molecule has 1 unspecified atom stereocenters. The highest BCUT2D eigenvalue weighted by Crippen LogP contribution is 2.32. The first-order chi connectivity index (χ1) is 16.4. The summed E-state index contributed by atoms with van der Waals surface area (Å²) >= 11 is 0. The van der Waals surface area contributed by atoms with E-state index in [2.05, 4.69) is 0 Å². The molecule has 2 aliphatic rings. The fourth-order valence-electron chi connectivity index (χ4n) is 4.76. The molecule has 9 nitrogen and oxygen atoms in total. The van der Waals surface area contributed by atoms with Gasteiger partial charge in [0.05, 0.1) is 28.7 Å². The van der Waals surface area contributed by atoms with Crippen LogP contribution in [-0.4, -0.2) is 39.6 Å². The maximum Gasteiger partial charge on any atom is 0.269 e. The van der Waals surface area contributed by atoms with E-state index in [1.165, 1.54) is 41.3 Å². The normalized spacial score (nSPS) is 18.9. The summed E-state index contributed by atoms with van der Waals surface area (Å²) < 4.78 is 0. The molecule has 1 aliphatic carbocycles. The number of hydrogen-bond acceptors (Lipinski definition) is 6. The van der Waals surface area contributed by atoms with Crippen molar-refractivity contribution in [2.45, 2.75) is 57.0 Å². The van der Waals surface area contributed by atoms with E-state index in [-0.39, 0.29) is 23.7 Å². The molecule has 2 aromatic rings. The molecule has 2 aromatic carbocycles. The Morgan fingerprint density at radius 1 is 1.00 bits per heavy atom. The second-order valence-corrected chi connectivity index (χ2v) is 8.61. The molecule has 1 heterocycles. The van der Waals surface area contributed by atoms with E-state index in [9.17, 15) is 24.5 Å². The second kappa shape index (κ2) is 9.83. The first kappa shape index (κ1) is 23.1. The van der Waals surface area contributed by atoms with Gasteiger partial charge in [-0.25, -0.2) is 4.90 Å². The quantitative estimate of drug-likeness (QED) is 0.288. The van der Waals surface area contributed by atoms with Crippen molar-refractivity contribution in [3.05, 3.63) is 69.8 Å². The van der Waals surface area contributed by atoms with Gasteiger partial charge in [-0.05, 0) is 49.2 Å². The Balaban J connectivity index is 1.67. The molecule has 1 saturated carbocycles. The zero-order valence-electron chi connectivity index (χ0n) is 18.6. The fraction of sp³-hybridized carbons (Fsp3) is 0.360. The lowest BCUT2D eigenvalue weighted by molar-refractivity contribution is -0.384. The minimum absolute atomic E-state index is 0.128. The maximum absolute atomic E-state index is 13.6. The summed E-state index contributed by atoms with van der Waals surface area (Å²) in [6.07, 6.45) is 5.26. The van der Waals surface area contributed by atoms with Crippen LogP contribution in [0.5, 0.6) is 0 Å². The summed E-state index contributed by atoms with van der Waals surface area (Å²) in [7, 11) is 0. The van der Waals surface area contributed by atoms with Crippen molar-refractivity contribution >= 4 is 29.1 Å². The van der Waals surface area contributed by atoms with Crippen LogP contribution in [-0.2, 0) is 9.59 Å². The van der Waals surface area contributed by atoms with Crippen LogP contribution in [0.3, 0.4) is 0 Å². The molecule has 3 amide bonds. The molecule has 1 atom stereocenters. The molecule has 4 rings (SSSR count). The van der Waals surface area contributed by atoms with Gasteiger partial charge in [-0.3, -0.25) is 24.5 Å². The van der Waals surface area contributed by atoms with Crippen LogP contribution in [0, 0.1) is 21.4 Å². The number of carbonyl (C=O) groups excluding carboxylic acids is 3. The lowest BCUT2D eigenvalue weighted by Gasteiger charge is -2.35. The Hall–Kier alpha value is -4.06. The number of non-ortho nitro benzene ring substituents is 1. The Labute approximate surface area is 196 Å². The van der Waals surface area contributed by atoms with Gasteiger partial charge in [0.2, 0.25) is 5.91 Å². The molecule has 1 aliphatic heterocycles. The predicted octanol–water partition coefficient (Wildman–Crippen LogP) is 3.96. The van der Waals surface area contributed by atoms with Gasteiger partial charge < -0.3 is 4.90 Å². The first-order valence-electron chi connectivity index (χ1n) is 11.3. The minimum atomic E-state index is -0.950. The largest absolute Gasteiger partial charge is 0.323 e. The number of nitrogens with zero attached hydrogens (tertiary/aromatic N) is 4. The third-order valence-electron chi connectivity index (χ3n) is 6.49. The minimum Gasteiger partial charge on any atom is -0.323 e. The van der Waals surface area contributed by atoms with Crippen molar-refractivity contribution in [3.8, 4) is 6.07 Å². The van der Waals surface area contributed by atoms with Gasteiger partial charge in [-0.2, -0.15) is 5.26 Å². The summed E-state index contributed by atoms with van der Waals surface area (Å²) in [5.74, 6) is -1.29. The Morgan fingerprint density at radius 2 is 1.62 bits per heavy atom. The summed E-state index contributed by atoms with van der Waals surface area (Å²) in [6.45, 7) is 0. The van der Waals surface area contributed by atoms with Crippen LogP contribution in [0.2, 0.25) is 0 Å². The summed E-state index contributed by atoms with van der Waals surface area (Å²) in [4.78, 5) is 53.1. The number of nitro benzene ring substituents is 1. The number of rotatable bonds is 5. The van der Waals surface area contributed by atoms with Gasteiger partial charge in [0.15, 0.2) is 0 Å². The van der Waals surface area contributed by atoms with Crippen LogP contribution in [0.15, 0.2) is 48.5 Å². The van der Waals surface area contributed by atoms with Crippen LogP contribution in [0.4, 0.5) is 11.4 Å². The molecule has 0 spiro atoms. The zero-order valence-corrected chi connectivity index (χ0v) is 18.6. The topological polar surface area (TPSA) is 125 Å². The highest BCUT2D eigenvalue weighted by Gasteiger charge is 2.46. The third-order valence-corrected chi connectivity index (χ3v) is 6.49. The number of nitriles is 1. The van der Waals surface area contributed by atoms with Gasteiger partial charge in [0.25, 0.3) is 17.5 Å². The highest BCUT2D eigenvalue weighted by atomic mass is 16.6. The van der Waals surface area contributed by atoms with Crippen molar-refractivity contribution in [1.82, 2.24) is 4.90 Å². The van der Waals surface area contributed by atoms with E-state index >= 15 is 0 Å². The molecule has 9 heteroatoms. The molecular formula is C25H24N4O5. The number of imide groups is 1. The van der Waals surface area contributed by atoms with Crippen LogP contribution < -0.4 is 4.90 Å². The monoisotopic (exact) mass is 460 g/mol. The maximum atomic E-state index is 13.6. The number of anilines is 1. The van der Waals surface area contributed by atoms with Gasteiger partial charge >= 0.3 is 0 Å². The number of nitro groups is 1. The van der Waals surface area contributed by atoms with Crippen LogP contribution >= 0.6 is 0 Å². The van der Waals surface area contributed by atoms with Gasteiger partial charge in [0.1, 0.15) is 6.04 Å². The van der Waals surface area contributed by atoms with E-state index in [1.54, 1.807) is 12.1 Å². The van der Waals surface area contributed by atoms with E-state index in [0.717, 1.165) is 43.4 Å². The zero-order chi connectivity index (χ0) is 24.2. The summed E-state index contributed by atoms with van der Waals surface area (Å²) in [6, 6.07) is 12.3. The smallest absolute Gasteiger partial charge is 0.269 e. The van der Waals surface area contributed by atoms with E-state index in [0.29, 0.717) is 11.3 Å². The van der Waals surface area contributed by atoms with Crippen molar-refractivity contribution in [2.75, 3.05) is 4.90 Å². The molecule has 34 heavy (non-hydrogen) atoms. The fourth-order valence-corrected chi connectivity index (χ4v) is 4.76. The highest BCUT2D eigenvalue weighted by molar-refractivity contribution is 6.23. The molecule has 0 aromatic heterocycles. The predicted molar refractivity (Wildman–Crippen MR) is 123 cm³/mol. The third kappa shape index (κ3) is 4.53. The van der Waals surface area contributed by atoms with Crippen LogP contribution in [0.25, 0.3) is 0 Å². The second-order valence-electron chi connectivity index (χ2n) is 8.61. The van der Waals surface area contributed by atoms with Gasteiger partial charge in [-0.15, -0.1) is 0 Å². The first-order valence-corrected chi connectivity index (χ1v) is 11.3. The summed E-state index contributed by atoms with van der Waals surface area (Å²) in [5, 5.41) is 20.0. The van der Waals surface area contributed by atoms with Crippen molar-refractivity contribution in [3.63, 3.8) is 0 Å². The molecule has 0 radical (unpaired) electrons. The van der Waals surface area contributed by atoms with E-state index in [4.69, 9.17) is 5.26 Å². The number of benzene rings is 2. The Morgan fingerprint density at radius 3 is 2.18 bits per heavy atom. The SMILES string of the molecule is N#Cc1ccc(N2C(=O)CC(N(C(=O)c3ccc([N+](=O)[O-])cc3)C3CCCCCC3)C2=O)cc1. The molecule has 2 fully saturated rings. The average Bonchev–Trinajstić information content (AvgIpc) is 3.00. The molecule has 1 saturated heterocycles. The van der Waals surface area contributed by atoms with Crippen molar-refractivity contribution in [2.24, 2.45) is 0 Å². The lowest BCUT2D eigenvalue weighted by Crippen LogP contribution is -2.50. The molecule has 0 bridgehead atoms. The summed E-state index contributed by atoms with van der Waals surface area (Å²) in [5.41, 5.74) is 0.886. The Kier molecular flexibility index (Phi) is 6.68. The van der Waals surface area contributed by atoms with Gasteiger partial charge in [0, 0.05) is 23.7 Å². The van der Waals surface area contributed by atoms with E-state index in [1.807, 2.05) is 6.07 Å². The molecular weight excluding hydrogens is 436 g/mol. The average molecular weight is 460 g/mol. The molecule has 0 N–H and O–H groups in total. The van der Waals surface area contributed by atoms with E-state index < -0.39 is 28.7 Å². The van der Waals surface area contributed by atoms with Crippen molar-refractivity contribution < 1.29 is 19.3 Å². The molecule has 174 valence electrons. The lowest BCUT2D eigenvalue weighted by atomic mass is 10.0. The standard InChI is InChI=1S/C25H24N4O5/c26-16-17-7-11-20(12-8-17)28-23(30)15-22(25(28)32)27(19-5-3-1-2-4-6-19)24(31)18-9-13-21(14-10-18)29(33)34/h7-14,19,22H,1-6,15H2.